The average molecular weight is 214 g/mol. The van der Waals surface area contributed by atoms with Crippen LogP contribution in [0.5, 0.6) is 0 Å². The summed E-state index contributed by atoms with van der Waals surface area (Å²) in [6.45, 7) is 0. The molecule has 0 atom stereocenters. The van der Waals surface area contributed by atoms with Gasteiger partial charge in [0, 0.05) is 12.0 Å². The Balaban J connectivity index is 1.83. The number of ketones is 1. The van der Waals surface area contributed by atoms with E-state index in [2.05, 4.69) is 12.1 Å². The van der Waals surface area contributed by atoms with Gasteiger partial charge in [0.1, 0.15) is 0 Å². The fraction of sp³-hybridized carbons (Fsp3) is 0.533. The van der Waals surface area contributed by atoms with Crippen molar-refractivity contribution in [3.63, 3.8) is 0 Å². The minimum absolute atomic E-state index is 0.380. The predicted octanol–water partition coefficient (Wildman–Crippen LogP) is 3.94. The van der Waals surface area contributed by atoms with E-state index in [0.717, 1.165) is 12.0 Å². The molecule has 0 unspecified atom stereocenters. The molecule has 0 amide bonds. The lowest BCUT2D eigenvalue weighted by Gasteiger charge is -2.27. The minimum Gasteiger partial charge on any atom is -0.294 e. The number of hydrogen-bond donors (Lipinski definition) is 0. The Morgan fingerprint density at radius 3 is 2.50 bits per heavy atom. The maximum absolute atomic E-state index is 12.2. The molecule has 16 heavy (non-hydrogen) atoms. The van der Waals surface area contributed by atoms with E-state index in [-0.39, 0.29) is 0 Å². The highest BCUT2D eigenvalue weighted by Gasteiger charge is 2.28. The highest BCUT2D eigenvalue weighted by Crippen LogP contribution is 2.39. The Hall–Kier alpha value is -1.11. The number of carbonyl (C=O) groups is 1. The van der Waals surface area contributed by atoms with Crippen LogP contribution in [-0.2, 0) is 0 Å². The van der Waals surface area contributed by atoms with Crippen LogP contribution in [0.3, 0.4) is 0 Å². The molecule has 1 aromatic carbocycles. The molecule has 0 saturated heterocycles. The Morgan fingerprint density at radius 2 is 1.88 bits per heavy atom. The van der Waals surface area contributed by atoms with E-state index in [1.807, 2.05) is 12.1 Å². The molecular formula is C15H18O. The summed E-state index contributed by atoms with van der Waals surface area (Å²) in [6.07, 6.45) is 7.18. The van der Waals surface area contributed by atoms with Gasteiger partial charge < -0.3 is 0 Å². The lowest BCUT2D eigenvalue weighted by Crippen LogP contribution is -2.14. The van der Waals surface area contributed by atoms with Gasteiger partial charge in [-0.1, -0.05) is 30.7 Å². The molecule has 0 bridgehead atoms. The maximum Gasteiger partial charge on any atom is 0.163 e. The zero-order chi connectivity index (χ0) is 11.0. The second-order valence-electron chi connectivity index (χ2n) is 5.29. The summed E-state index contributed by atoms with van der Waals surface area (Å²) in [5, 5.41) is 0. The molecule has 0 heterocycles. The number of carbonyl (C=O) groups excluding carboxylic acids is 1. The first-order valence-electron chi connectivity index (χ1n) is 6.46. The molecule has 1 aromatic rings. The van der Waals surface area contributed by atoms with Crippen LogP contribution in [0.2, 0.25) is 0 Å². The zero-order valence-corrected chi connectivity index (χ0v) is 9.61. The van der Waals surface area contributed by atoms with Crippen LogP contribution in [0, 0.1) is 5.92 Å². The summed E-state index contributed by atoms with van der Waals surface area (Å²) < 4.78 is 0. The van der Waals surface area contributed by atoms with Gasteiger partial charge in [-0.25, -0.2) is 0 Å². The maximum atomic E-state index is 12.2. The Labute approximate surface area is 96.9 Å². The molecule has 0 N–H and O–H groups in total. The molecular weight excluding hydrogens is 196 g/mol. The predicted molar refractivity (Wildman–Crippen MR) is 64.7 cm³/mol. The van der Waals surface area contributed by atoms with Crippen molar-refractivity contribution in [1.29, 1.82) is 0 Å². The summed E-state index contributed by atoms with van der Waals surface area (Å²) in [7, 11) is 0. The third kappa shape index (κ3) is 1.91. The summed E-state index contributed by atoms with van der Waals surface area (Å²) in [5.74, 6) is 1.74. The second kappa shape index (κ2) is 4.04. The SMILES string of the molecule is O=C(CC1CC1)c1ccccc1C1CCC1. The van der Waals surface area contributed by atoms with Crippen LogP contribution in [0.25, 0.3) is 0 Å². The lowest BCUT2D eigenvalue weighted by atomic mass is 9.77. The molecule has 2 fully saturated rings. The molecule has 2 aliphatic carbocycles. The average Bonchev–Trinajstić information content (AvgIpc) is 3.00. The molecule has 0 aromatic heterocycles. The number of benzene rings is 1. The Kier molecular flexibility index (Phi) is 2.55. The molecule has 0 aliphatic heterocycles. The van der Waals surface area contributed by atoms with Gasteiger partial charge in [-0.05, 0) is 43.1 Å². The molecule has 3 rings (SSSR count). The molecule has 0 spiro atoms. The van der Waals surface area contributed by atoms with Crippen LogP contribution < -0.4 is 0 Å². The van der Waals surface area contributed by atoms with Crippen molar-refractivity contribution >= 4 is 5.78 Å². The molecule has 1 nitrogen and oxygen atoms in total. The molecule has 2 aliphatic rings. The van der Waals surface area contributed by atoms with E-state index < -0.39 is 0 Å². The lowest BCUT2D eigenvalue weighted by molar-refractivity contribution is 0.0974. The third-order valence-corrected chi connectivity index (χ3v) is 3.98. The van der Waals surface area contributed by atoms with Gasteiger partial charge in [0.15, 0.2) is 5.78 Å². The van der Waals surface area contributed by atoms with Crippen molar-refractivity contribution in [3.05, 3.63) is 35.4 Å². The number of hydrogen-bond acceptors (Lipinski definition) is 1. The van der Waals surface area contributed by atoms with E-state index >= 15 is 0 Å². The smallest absolute Gasteiger partial charge is 0.163 e. The van der Waals surface area contributed by atoms with Gasteiger partial charge >= 0.3 is 0 Å². The van der Waals surface area contributed by atoms with E-state index in [1.54, 1.807) is 0 Å². The topological polar surface area (TPSA) is 17.1 Å². The minimum atomic E-state index is 0.380. The highest BCUT2D eigenvalue weighted by molar-refractivity contribution is 5.98. The zero-order valence-electron chi connectivity index (χ0n) is 9.61. The van der Waals surface area contributed by atoms with Crippen molar-refractivity contribution in [2.75, 3.05) is 0 Å². The molecule has 84 valence electrons. The standard InChI is InChI=1S/C15H18O/c16-15(10-11-8-9-11)14-7-2-1-6-13(14)12-4-3-5-12/h1-2,6-7,11-12H,3-5,8-10H2. The van der Waals surface area contributed by atoms with Crippen molar-refractivity contribution < 1.29 is 4.79 Å². The van der Waals surface area contributed by atoms with Crippen LogP contribution in [0.15, 0.2) is 24.3 Å². The molecule has 0 radical (unpaired) electrons. The number of rotatable bonds is 4. The largest absolute Gasteiger partial charge is 0.294 e. The quantitative estimate of drug-likeness (QED) is 0.694. The van der Waals surface area contributed by atoms with Gasteiger partial charge in [-0.2, -0.15) is 0 Å². The van der Waals surface area contributed by atoms with Crippen molar-refractivity contribution in [3.8, 4) is 0 Å². The van der Waals surface area contributed by atoms with E-state index in [0.29, 0.717) is 17.6 Å². The van der Waals surface area contributed by atoms with E-state index in [1.165, 1.54) is 37.7 Å². The van der Waals surface area contributed by atoms with Gasteiger partial charge in [0.2, 0.25) is 0 Å². The summed E-state index contributed by atoms with van der Waals surface area (Å²) in [4.78, 5) is 12.2. The third-order valence-electron chi connectivity index (χ3n) is 3.98. The van der Waals surface area contributed by atoms with Crippen molar-refractivity contribution in [2.24, 2.45) is 5.92 Å². The highest BCUT2D eigenvalue weighted by atomic mass is 16.1. The van der Waals surface area contributed by atoms with Gasteiger partial charge in [-0.3, -0.25) is 4.79 Å². The van der Waals surface area contributed by atoms with Gasteiger partial charge in [0.25, 0.3) is 0 Å². The normalized spacial score (nSPS) is 20.5. The van der Waals surface area contributed by atoms with Crippen molar-refractivity contribution in [2.45, 2.75) is 44.4 Å². The molecule has 1 heteroatoms. The van der Waals surface area contributed by atoms with Gasteiger partial charge in [-0.15, -0.1) is 0 Å². The molecule has 2 saturated carbocycles. The first-order chi connectivity index (χ1) is 7.84. The Morgan fingerprint density at radius 1 is 1.12 bits per heavy atom. The fourth-order valence-corrected chi connectivity index (χ4v) is 2.52. The summed E-state index contributed by atoms with van der Waals surface area (Å²) in [5.41, 5.74) is 2.33. The second-order valence-corrected chi connectivity index (χ2v) is 5.29. The van der Waals surface area contributed by atoms with E-state index in [9.17, 15) is 4.79 Å². The van der Waals surface area contributed by atoms with E-state index in [4.69, 9.17) is 0 Å². The van der Waals surface area contributed by atoms with Crippen LogP contribution in [0.4, 0.5) is 0 Å². The Bertz CT molecular complexity index is 400. The first kappa shape index (κ1) is 10.1. The van der Waals surface area contributed by atoms with Crippen LogP contribution in [-0.4, -0.2) is 5.78 Å². The summed E-state index contributed by atoms with van der Waals surface area (Å²) >= 11 is 0. The monoisotopic (exact) mass is 214 g/mol. The summed E-state index contributed by atoms with van der Waals surface area (Å²) in [6, 6.07) is 8.26. The van der Waals surface area contributed by atoms with Crippen LogP contribution >= 0.6 is 0 Å². The van der Waals surface area contributed by atoms with Crippen molar-refractivity contribution in [1.82, 2.24) is 0 Å². The van der Waals surface area contributed by atoms with Gasteiger partial charge in [0.05, 0.1) is 0 Å². The fourth-order valence-electron chi connectivity index (χ4n) is 2.52. The number of Topliss-reactive ketones (excluding diaryl/α,β-unsaturated/α-hetero) is 1. The van der Waals surface area contributed by atoms with Crippen LogP contribution in [0.1, 0.15) is 60.4 Å². The first-order valence-corrected chi connectivity index (χ1v) is 6.46.